The van der Waals surface area contributed by atoms with Crippen LogP contribution in [0, 0.1) is 25.2 Å². The molecule has 27 heavy (non-hydrogen) atoms. The van der Waals surface area contributed by atoms with E-state index in [4.69, 9.17) is 16.3 Å². The van der Waals surface area contributed by atoms with Gasteiger partial charge in [-0.2, -0.15) is 5.26 Å². The van der Waals surface area contributed by atoms with E-state index in [0.29, 0.717) is 17.2 Å². The summed E-state index contributed by atoms with van der Waals surface area (Å²) in [5, 5.41) is 10.3. The predicted octanol–water partition coefficient (Wildman–Crippen LogP) is 6.21. The Kier molecular flexibility index (Phi) is 5.69. The van der Waals surface area contributed by atoms with Gasteiger partial charge in [0.25, 0.3) is 0 Å². The second-order valence-corrected chi connectivity index (χ2v) is 6.70. The molecular weight excluding hydrogens is 356 g/mol. The minimum Gasteiger partial charge on any atom is -0.494 e. The van der Waals surface area contributed by atoms with Crippen molar-refractivity contribution in [2.45, 2.75) is 20.8 Å². The maximum atomic E-state index is 9.60. The van der Waals surface area contributed by atoms with E-state index in [1.165, 1.54) is 0 Å². The third-order valence-corrected chi connectivity index (χ3v) is 4.70. The fourth-order valence-electron chi connectivity index (χ4n) is 3.15. The monoisotopic (exact) mass is 376 g/mol. The van der Waals surface area contributed by atoms with E-state index in [9.17, 15) is 5.26 Å². The Labute approximate surface area is 165 Å². The average molecular weight is 377 g/mol. The van der Waals surface area contributed by atoms with Crippen LogP contribution in [0.25, 0.3) is 17.3 Å². The van der Waals surface area contributed by atoms with E-state index in [2.05, 4.69) is 30.6 Å². The fourth-order valence-corrected chi connectivity index (χ4v) is 3.28. The molecule has 3 nitrogen and oxygen atoms in total. The van der Waals surface area contributed by atoms with Crippen LogP contribution >= 0.6 is 11.6 Å². The van der Waals surface area contributed by atoms with E-state index < -0.39 is 0 Å². The summed E-state index contributed by atoms with van der Waals surface area (Å²) in [4.78, 5) is 0. The van der Waals surface area contributed by atoms with Gasteiger partial charge < -0.3 is 9.30 Å². The Bertz CT molecular complexity index is 1010. The Morgan fingerprint density at radius 1 is 1.11 bits per heavy atom. The first-order valence-corrected chi connectivity index (χ1v) is 9.21. The summed E-state index contributed by atoms with van der Waals surface area (Å²) in [5.74, 6) is 0.860. The Morgan fingerprint density at radius 2 is 1.78 bits per heavy atom. The lowest BCUT2D eigenvalue weighted by atomic mass is 10.0. The summed E-state index contributed by atoms with van der Waals surface area (Å²) in [6, 6.07) is 19.8. The van der Waals surface area contributed by atoms with Crippen molar-refractivity contribution in [1.29, 1.82) is 5.26 Å². The summed E-state index contributed by atoms with van der Waals surface area (Å²) in [6.45, 7) is 6.75. The van der Waals surface area contributed by atoms with Crippen LogP contribution in [0.1, 0.15) is 29.4 Å². The lowest BCUT2D eigenvalue weighted by Crippen LogP contribution is -1.99. The molecule has 0 saturated heterocycles. The van der Waals surface area contributed by atoms with Gasteiger partial charge in [-0.1, -0.05) is 23.7 Å². The normalized spacial score (nSPS) is 11.3. The highest BCUT2D eigenvalue weighted by atomic mass is 35.5. The molecule has 3 rings (SSSR count). The SMILES string of the molecule is CCOc1ccc(-n2c(C)cc(/C=C(/C#N)c3ccc(Cl)cc3)c2C)cc1. The van der Waals surface area contributed by atoms with Gasteiger partial charge in [-0.25, -0.2) is 0 Å². The van der Waals surface area contributed by atoms with Crippen molar-refractivity contribution in [2.24, 2.45) is 0 Å². The van der Waals surface area contributed by atoms with E-state index >= 15 is 0 Å². The highest BCUT2D eigenvalue weighted by molar-refractivity contribution is 6.30. The van der Waals surface area contributed by atoms with Gasteiger partial charge in [0, 0.05) is 22.1 Å². The zero-order valence-electron chi connectivity index (χ0n) is 15.7. The summed E-state index contributed by atoms with van der Waals surface area (Å²) >= 11 is 5.95. The lowest BCUT2D eigenvalue weighted by Gasteiger charge is -2.11. The number of ether oxygens (including phenoxy) is 1. The fraction of sp³-hybridized carbons (Fsp3) is 0.174. The van der Waals surface area contributed by atoms with Gasteiger partial charge in [-0.05, 0) is 80.4 Å². The molecule has 2 aromatic carbocycles. The molecule has 0 atom stereocenters. The highest BCUT2D eigenvalue weighted by Crippen LogP contribution is 2.26. The van der Waals surface area contributed by atoms with Crippen molar-refractivity contribution in [3.63, 3.8) is 0 Å². The first kappa shape index (κ1) is 18.8. The largest absolute Gasteiger partial charge is 0.494 e. The molecule has 0 aliphatic heterocycles. The van der Waals surface area contributed by atoms with Crippen molar-refractivity contribution < 1.29 is 4.74 Å². The van der Waals surface area contributed by atoms with Gasteiger partial charge in [0.2, 0.25) is 0 Å². The number of nitrogens with zero attached hydrogens (tertiary/aromatic N) is 2. The van der Waals surface area contributed by atoms with Gasteiger partial charge >= 0.3 is 0 Å². The van der Waals surface area contributed by atoms with Crippen LogP contribution in [0.15, 0.2) is 54.6 Å². The predicted molar refractivity (Wildman–Crippen MR) is 111 cm³/mol. The lowest BCUT2D eigenvalue weighted by molar-refractivity contribution is 0.340. The molecule has 1 aromatic heterocycles. The summed E-state index contributed by atoms with van der Waals surface area (Å²) < 4.78 is 7.70. The number of rotatable bonds is 5. The number of hydrogen-bond donors (Lipinski definition) is 0. The number of nitriles is 1. The molecule has 1 heterocycles. The van der Waals surface area contributed by atoms with E-state index in [1.807, 2.05) is 49.4 Å². The van der Waals surface area contributed by atoms with Gasteiger partial charge in [-0.3, -0.25) is 0 Å². The molecule has 0 radical (unpaired) electrons. The smallest absolute Gasteiger partial charge is 0.119 e. The third kappa shape index (κ3) is 4.07. The molecule has 0 fully saturated rings. The molecule has 0 spiro atoms. The summed E-state index contributed by atoms with van der Waals surface area (Å²) in [6.07, 6.45) is 1.93. The third-order valence-electron chi connectivity index (χ3n) is 4.45. The Balaban J connectivity index is 2.00. The first-order valence-electron chi connectivity index (χ1n) is 8.83. The van der Waals surface area contributed by atoms with Crippen LogP contribution < -0.4 is 4.74 Å². The average Bonchev–Trinajstić information content (AvgIpc) is 2.95. The molecule has 3 aromatic rings. The molecule has 4 heteroatoms. The minimum absolute atomic E-state index is 0.610. The second-order valence-electron chi connectivity index (χ2n) is 6.27. The van der Waals surface area contributed by atoms with Crippen molar-refractivity contribution in [3.8, 4) is 17.5 Å². The molecule has 0 aliphatic carbocycles. The number of allylic oxidation sites excluding steroid dienone is 1. The highest BCUT2D eigenvalue weighted by Gasteiger charge is 2.11. The topological polar surface area (TPSA) is 38.0 Å². The zero-order chi connectivity index (χ0) is 19.4. The van der Waals surface area contributed by atoms with Crippen molar-refractivity contribution in [3.05, 3.63) is 82.1 Å². The van der Waals surface area contributed by atoms with E-state index in [0.717, 1.165) is 34.0 Å². The van der Waals surface area contributed by atoms with Crippen LogP contribution in [-0.4, -0.2) is 11.2 Å². The van der Waals surface area contributed by atoms with Crippen molar-refractivity contribution >= 4 is 23.3 Å². The summed E-state index contributed by atoms with van der Waals surface area (Å²) in [7, 11) is 0. The van der Waals surface area contributed by atoms with Crippen LogP contribution in [0.5, 0.6) is 5.75 Å². The van der Waals surface area contributed by atoms with Crippen LogP contribution in [0.4, 0.5) is 0 Å². The maximum absolute atomic E-state index is 9.60. The molecule has 136 valence electrons. The van der Waals surface area contributed by atoms with Gasteiger partial charge in [0.1, 0.15) is 5.75 Å². The molecule has 0 N–H and O–H groups in total. The maximum Gasteiger partial charge on any atom is 0.119 e. The summed E-state index contributed by atoms with van der Waals surface area (Å²) in [5.41, 5.74) is 5.74. The van der Waals surface area contributed by atoms with E-state index in [1.54, 1.807) is 12.1 Å². The molecule has 0 bridgehead atoms. The van der Waals surface area contributed by atoms with Gasteiger partial charge in [-0.15, -0.1) is 0 Å². The molecule has 0 unspecified atom stereocenters. The molecule has 0 aliphatic rings. The quantitative estimate of drug-likeness (QED) is 0.496. The minimum atomic E-state index is 0.610. The molecule has 0 saturated carbocycles. The van der Waals surface area contributed by atoms with Crippen LogP contribution in [-0.2, 0) is 0 Å². The molecule has 0 amide bonds. The van der Waals surface area contributed by atoms with E-state index in [-0.39, 0.29) is 0 Å². The van der Waals surface area contributed by atoms with Crippen LogP contribution in [0.2, 0.25) is 5.02 Å². The molecular formula is C23H21ClN2O. The number of benzene rings is 2. The van der Waals surface area contributed by atoms with Crippen molar-refractivity contribution in [1.82, 2.24) is 4.57 Å². The Morgan fingerprint density at radius 3 is 2.37 bits per heavy atom. The van der Waals surface area contributed by atoms with Gasteiger partial charge in [0.15, 0.2) is 0 Å². The first-order chi connectivity index (χ1) is 13.0. The number of aromatic nitrogens is 1. The zero-order valence-corrected chi connectivity index (χ0v) is 16.4. The van der Waals surface area contributed by atoms with Crippen LogP contribution in [0.3, 0.4) is 0 Å². The standard InChI is InChI=1S/C23H21ClN2O/c1-4-27-23-11-9-22(10-12-23)26-16(2)13-19(17(26)3)14-20(15-25)18-5-7-21(24)8-6-18/h5-14H,4H2,1-3H3/b20-14-. The van der Waals surface area contributed by atoms with Crippen molar-refractivity contribution in [2.75, 3.05) is 6.61 Å². The number of halogens is 1. The van der Waals surface area contributed by atoms with Gasteiger partial charge in [0.05, 0.1) is 18.2 Å². The Hall–Kier alpha value is -2.96. The number of aryl methyl sites for hydroxylation is 1. The second kappa shape index (κ2) is 8.16. The number of hydrogen-bond acceptors (Lipinski definition) is 2.